The number of benzene rings is 3. The van der Waals surface area contributed by atoms with Crippen molar-refractivity contribution in [1.82, 2.24) is 5.43 Å². The van der Waals surface area contributed by atoms with Crippen LogP contribution in [0, 0.1) is 6.92 Å². The first-order chi connectivity index (χ1) is 17.9. The molecule has 0 aromatic heterocycles. The van der Waals surface area contributed by atoms with Crippen LogP contribution in [0.2, 0.25) is 15.1 Å². The lowest BCUT2D eigenvalue weighted by atomic mass is 10.2. The SMILES string of the molecule is COc1cc(/C=N\NC(=O)CN(c2ccc(Cl)cc2C)S(C)(=O)=O)cc(Br)c1OCc1ccc(Cl)cc1Cl. The monoisotopic (exact) mass is 661 g/mol. The Labute approximate surface area is 244 Å². The lowest BCUT2D eigenvalue weighted by molar-refractivity contribution is -0.119. The zero-order valence-corrected chi connectivity index (χ0v) is 25.1. The van der Waals surface area contributed by atoms with Gasteiger partial charge in [0.2, 0.25) is 10.0 Å². The van der Waals surface area contributed by atoms with Crippen LogP contribution >= 0.6 is 50.7 Å². The maximum absolute atomic E-state index is 12.5. The predicted molar refractivity (Wildman–Crippen MR) is 156 cm³/mol. The molecule has 0 saturated heterocycles. The number of carbonyl (C=O) groups excluding carboxylic acids is 1. The summed E-state index contributed by atoms with van der Waals surface area (Å²) in [6, 6.07) is 13.2. The van der Waals surface area contributed by atoms with Crippen LogP contribution in [0.4, 0.5) is 5.69 Å². The Hall–Kier alpha value is -2.50. The molecule has 3 rings (SSSR count). The first kappa shape index (κ1) is 30.0. The Morgan fingerprint density at radius 3 is 2.42 bits per heavy atom. The van der Waals surface area contributed by atoms with Crippen LogP contribution in [0.15, 0.2) is 58.1 Å². The van der Waals surface area contributed by atoms with Gasteiger partial charge >= 0.3 is 0 Å². The molecule has 202 valence electrons. The zero-order valence-electron chi connectivity index (χ0n) is 20.5. The Kier molecular flexibility index (Phi) is 10.3. The van der Waals surface area contributed by atoms with Crippen LogP contribution < -0.4 is 19.2 Å². The van der Waals surface area contributed by atoms with Crippen molar-refractivity contribution >= 4 is 78.6 Å². The second kappa shape index (κ2) is 13.0. The number of aryl methyl sites for hydroxylation is 1. The summed E-state index contributed by atoms with van der Waals surface area (Å²) in [7, 11) is -2.26. The van der Waals surface area contributed by atoms with Gasteiger partial charge in [0.1, 0.15) is 13.2 Å². The minimum atomic E-state index is -3.75. The summed E-state index contributed by atoms with van der Waals surface area (Å²) < 4.78 is 37.6. The first-order valence-electron chi connectivity index (χ1n) is 10.9. The number of ether oxygens (including phenoxy) is 2. The summed E-state index contributed by atoms with van der Waals surface area (Å²) in [4.78, 5) is 12.5. The molecule has 0 aliphatic rings. The van der Waals surface area contributed by atoms with Crippen LogP contribution in [-0.4, -0.2) is 40.4 Å². The van der Waals surface area contributed by atoms with E-state index in [0.717, 1.165) is 16.1 Å². The van der Waals surface area contributed by atoms with Crippen molar-refractivity contribution in [2.45, 2.75) is 13.5 Å². The lowest BCUT2D eigenvalue weighted by Gasteiger charge is -2.23. The maximum Gasteiger partial charge on any atom is 0.260 e. The van der Waals surface area contributed by atoms with E-state index in [1.54, 1.807) is 55.5 Å². The fourth-order valence-electron chi connectivity index (χ4n) is 3.37. The average Bonchev–Trinajstić information content (AvgIpc) is 2.82. The minimum Gasteiger partial charge on any atom is -0.493 e. The second-order valence-corrected chi connectivity index (χ2v) is 12.1. The van der Waals surface area contributed by atoms with Crippen molar-refractivity contribution in [1.29, 1.82) is 0 Å². The summed E-state index contributed by atoms with van der Waals surface area (Å²) in [5, 5.41) is 5.42. The quantitative estimate of drug-likeness (QED) is 0.205. The standard InChI is InChI=1S/C25H23BrCl3N3O5S/c1-15-8-18(27)6-7-22(15)32(38(3,34)35)13-24(33)31-30-12-16-9-20(26)25(23(10-16)36-2)37-14-17-4-5-19(28)11-21(17)29/h4-12H,13-14H2,1-3H3,(H,31,33)/b30-12-. The van der Waals surface area contributed by atoms with Crippen LogP contribution in [0.25, 0.3) is 0 Å². The van der Waals surface area contributed by atoms with E-state index in [1.165, 1.54) is 13.3 Å². The number of rotatable bonds is 10. The molecule has 0 bridgehead atoms. The van der Waals surface area contributed by atoms with Gasteiger partial charge in [0.15, 0.2) is 11.5 Å². The van der Waals surface area contributed by atoms with Crippen molar-refractivity contribution in [3.8, 4) is 11.5 Å². The first-order valence-corrected chi connectivity index (χ1v) is 14.7. The summed E-state index contributed by atoms with van der Waals surface area (Å²) in [6.07, 6.45) is 2.41. The zero-order chi connectivity index (χ0) is 28.0. The number of methoxy groups -OCH3 is 1. The van der Waals surface area contributed by atoms with E-state index in [9.17, 15) is 13.2 Å². The highest BCUT2D eigenvalue weighted by molar-refractivity contribution is 9.10. The normalized spacial score (nSPS) is 11.4. The number of nitrogens with zero attached hydrogens (tertiary/aromatic N) is 2. The van der Waals surface area contributed by atoms with Gasteiger partial charge in [-0.2, -0.15) is 5.10 Å². The molecule has 0 atom stereocenters. The highest BCUT2D eigenvalue weighted by Crippen LogP contribution is 2.37. The van der Waals surface area contributed by atoms with Gasteiger partial charge in [-0.3, -0.25) is 9.10 Å². The molecule has 0 spiro atoms. The fourth-order valence-corrected chi connectivity index (χ4v) is 5.55. The summed E-state index contributed by atoms with van der Waals surface area (Å²) in [6.45, 7) is 1.42. The molecule has 0 fully saturated rings. The fraction of sp³-hybridized carbons (Fsp3) is 0.200. The molecule has 0 radical (unpaired) electrons. The molecule has 3 aromatic rings. The van der Waals surface area contributed by atoms with Crippen molar-refractivity contribution in [3.05, 3.63) is 84.8 Å². The highest BCUT2D eigenvalue weighted by atomic mass is 79.9. The van der Waals surface area contributed by atoms with Gasteiger partial charge in [-0.15, -0.1) is 0 Å². The summed E-state index contributed by atoms with van der Waals surface area (Å²) in [5.41, 5.74) is 4.63. The number of hydrazone groups is 1. The molecule has 0 aliphatic heterocycles. The Morgan fingerprint density at radius 1 is 1.11 bits per heavy atom. The lowest BCUT2D eigenvalue weighted by Crippen LogP contribution is -2.39. The number of carbonyl (C=O) groups is 1. The van der Waals surface area contributed by atoms with Gasteiger partial charge in [-0.1, -0.05) is 40.9 Å². The third-order valence-corrected chi connectivity index (χ3v) is 7.69. The number of amides is 1. The Balaban J connectivity index is 1.70. The number of sulfonamides is 1. The molecular weight excluding hydrogens is 641 g/mol. The molecule has 38 heavy (non-hydrogen) atoms. The van der Waals surface area contributed by atoms with Crippen LogP contribution in [0.1, 0.15) is 16.7 Å². The summed E-state index contributed by atoms with van der Waals surface area (Å²) >= 11 is 21.6. The topological polar surface area (TPSA) is 97.3 Å². The smallest absolute Gasteiger partial charge is 0.260 e. The Bertz CT molecular complexity index is 1490. The highest BCUT2D eigenvalue weighted by Gasteiger charge is 2.22. The number of nitrogens with one attached hydrogen (secondary N) is 1. The maximum atomic E-state index is 12.5. The van der Waals surface area contributed by atoms with Gasteiger partial charge in [-0.25, -0.2) is 13.8 Å². The van der Waals surface area contributed by atoms with Crippen molar-refractivity contribution < 1.29 is 22.7 Å². The van der Waals surface area contributed by atoms with Crippen LogP contribution in [0.3, 0.4) is 0 Å². The molecule has 8 nitrogen and oxygen atoms in total. The van der Waals surface area contributed by atoms with Gasteiger partial charge in [0.05, 0.1) is 29.7 Å². The molecule has 0 unspecified atom stereocenters. The number of anilines is 1. The third kappa shape index (κ3) is 8.00. The van der Waals surface area contributed by atoms with Crippen molar-refractivity contribution in [2.75, 3.05) is 24.2 Å². The number of hydrogen-bond donors (Lipinski definition) is 1. The second-order valence-electron chi connectivity index (χ2n) is 8.05. The van der Waals surface area contributed by atoms with Crippen LogP contribution in [-0.2, 0) is 21.4 Å². The predicted octanol–water partition coefficient (Wildman–Crippen LogP) is 6.22. The van der Waals surface area contributed by atoms with Crippen LogP contribution in [0.5, 0.6) is 11.5 Å². The van der Waals surface area contributed by atoms with E-state index in [-0.39, 0.29) is 6.61 Å². The number of halogens is 4. The van der Waals surface area contributed by atoms with E-state index >= 15 is 0 Å². The van der Waals surface area contributed by atoms with Gasteiger partial charge in [0.25, 0.3) is 5.91 Å². The van der Waals surface area contributed by atoms with Gasteiger partial charge in [-0.05, 0) is 76.4 Å². The van der Waals surface area contributed by atoms with Crippen molar-refractivity contribution in [2.24, 2.45) is 5.10 Å². The molecule has 1 N–H and O–H groups in total. The molecule has 0 heterocycles. The van der Waals surface area contributed by atoms with Crippen molar-refractivity contribution in [3.63, 3.8) is 0 Å². The number of hydrogen-bond acceptors (Lipinski definition) is 6. The van der Waals surface area contributed by atoms with Gasteiger partial charge in [0, 0.05) is 20.6 Å². The molecule has 3 aromatic carbocycles. The Morgan fingerprint density at radius 2 is 1.79 bits per heavy atom. The molecule has 13 heteroatoms. The molecular formula is C25H23BrCl3N3O5S. The largest absolute Gasteiger partial charge is 0.493 e. The third-order valence-electron chi connectivity index (χ3n) is 5.16. The van der Waals surface area contributed by atoms with E-state index in [4.69, 9.17) is 44.3 Å². The average molecular weight is 664 g/mol. The molecule has 0 aliphatic carbocycles. The van der Waals surface area contributed by atoms with E-state index in [2.05, 4.69) is 26.5 Å². The van der Waals surface area contributed by atoms with E-state index in [0.29, 0.717) is 47.9 Å². The van der Waals surface area contributed by atoms with Gasteiger partial charge < -0.3 is 9.47 Å². The molecule has 0 saturated carbocycles. The minimum absolute atomic E-state index is 0.179. The summed E-state index contributed by atoms with van der Waals surface area (Å²) in [5.74, 6) is 0.229. The van der Waals surface area contributed by atoms with E-state index < -0.39 is 22.5 Å². The van der Waals surface area contributed by atoms with E-state index in [1.807, 2.05) is 0 Å². The molecule has 1 amide bonds.